The van der Waals surface area contributed by atoms with Gasteiger partial charge in [-0.25, -0.2) is 15.2 Å². The first-order valence-electron chi connectivity index (χ1n) is 4.36. The zero-order valence-electron chi connectivity index (χ0n) is 8.01. The van der Waals surface area contributed by atoms with E-state index in [0.29, 0.717) is 9.23 Å². The maximum absolute atomic E-state index is 12.7. The largest absolute Gasteiger partial charge is 0.280 e. The summed E-state index contributed by atoms with van der Waals surface area (Å²) in [5.74, 6) is 4.76. The van der Waals surface area contributed by atoms with Gasteiger partial charge in [-0.05, 0) is 23.8 Å². The standard InChI is InChI=1S/C10H7FN2OS2/c11-7-3-1-6(2-4-7)5-8-9(14)13(12)10(15)16-8/h1-5H,12H2/b8-5-. The average Bonchev–Trinajstić information content (AvgIpc) is 2.50. The lowest BCUT2D eigenvalue weighted by Gasteiger charge is -2.02. The fraction of sp³-hybridized carbons (Fsp3) is 0. The van der Waals surface area contributed by atoms with Crippen LogP contribution in [-0.2, 0) is 4.79 Å². The van der Waals surface area contributed by atoms with Crippen LogP contribution in [-0.4, -0.2) is 15.2 Å². The Bertz CT molecular complexity index is 484. The van der Waals surface area contributed by atoms with Gasteiger partial charge in [-0.3, -0.25) is 4.79 Å². The van der Waals surface area contributed by atoms with Crippen molar-refractivity contribution < 1.29 is 9.18 Å². The molecule has 1 heterocycles. The highest BCUT2D eigenvalue weighted by molar-refractivity contribution is 8.26. The minimum atomic E-state index is -0.334. The zero-order valence-corrected chi connectivity index (χ0v) is 9.65. The Labute approximate surface area is 101 Å². The average molecular weight is 254 g/mol. The molecule has 1 amide bonds. The third-order valence-electron chi connectivity index (χ3n) is 1.99. The molecule has 0 aromatic heterocycles. The molecule has 82 valence electrons. The number of benzene rings is 1. The van der Waals surface area contributed by atoms with Gasteiger partial charge in [-0.2, -0.15) is 0 Å². The van der Waals surface area contributed by atoms with Gasteiger partial charge < -0.3 is 0 Å². The van der Waals surface area contributed by atoms with Crippen LogP contribution in [0.5, 0.6) is 0 Å². The monoisotopic (exact) mass is 254 g/mol. The van der Waals surface area contributed by atoms with Crippen molar-refractivity contribution in [3.8, 4) is 0 Å². The van der Waals surface area contributed by atoms with E-state index in [9.17, 15) is 9.18 Å². The highest BCUT2D eigenvalue weighted by Gasteiger charge is 2.29. The number of thioether (sulfide) groups is 1. The van der Waals surface area contributed by atoms with Crippen LogP contribution in [0, 0.1) is 5.82 Å². The number of hydrogen-bond donors (Lipinski definition) is 1. The molecule has 0 aliphatic carbocycles. The van der Waals surface area contributed by atoms with Crippen molar-refractivity contribution in [2.24, 2.45) is 5.84 Å². The van der Waals surface area contributed by atoms with Gasteiger partial charge in [0.15, 0.2) is 4.32 Å². The van der Waals surface area contributed by atoms with Crippen LogP contribution in [0.2, 0.25) is 0 Å². The summed E-state index contributed by atoms with van der Waals surface area (Å²) in [7, 11) is 0. The molecular weight excluding hydrogens is 247 g/mol. The molecule has 1 saturated heterocycles. The Morgan fingerprint density at radius 3 is 2.50 bits per heavy atom. The molecule has 1 aromatic carbocycles. The second-order valence-corrected chi connectivity index (χ2v) is 4.78. The summed E-state index contributed by atoms with van der Waals surface area (Å²) in [6.45, 7) is 0. The molecule has 16 heavy (non-hydrogen) atoms. The van der Waals surface area contributed by atoms with Crippen molar-refractivity contribution >= 4 is 40.3 Å². The van der Waals surface area contributed by atoms with Crippen LogP contribution in [0.25, 0.3) is 6.08 Å². The molecule has 3 nitrogen and oxygen atoms in total. The van der Waals surface area contributed by atoms with E-state index in [1.165, 1.54) is 12.1 Å². The molecule has 1 fully saturated rings. The number of carbonyl (C=O) groups is 1. The minimum absolute atomic E-state index is 0.316. The van der Waals surface area contributed by atoms with E-state index in [1.807, 2.05) is 0 Å². The number of hydrogen-bond acceptors (Lipinski definition) is 4. The van der Waals surface area contributed by atoms with Gasteiger partial charge in [0.25, 0.3) is 5.91 Å². The Hall–Kier alpha value is -1.24. The zero-order chi connectivity index (χ0) is 11.7. The van der Waals surface area contributed by atoms with E-state index >= 15 is 0 Å². The van der Waals surface area contributed by atoms with E-state index in [2.05, 4.69) is 0 Å². The minimum Gasteiger partial charge on any atom is -0.267 e. The third-order valence-corrected chi connectivity index (χ3v) is 3.32. The number of amides is 1. The Balaban J connectivity index is 2.29. The summed E-state index contributed by atoms with van der Waals surface area (Å²) in [5.41, 5.74) is 0.732. The topological polar surface area (TPSA) is 46.3 Å². The molecule has 0 radical (unpaired) electrons. The summed E-state index contributed by atoms with van der Waals surface area (Å²) in [6.07, 6.45) is 1.63. The molecule has 0 spiro atoms. The highest BCUT2D eigenvalue weighted by atomic mass is 32.2. The maximum Gasteiger partial charge on any atom is 0.280 e. The van der Waals surface area contributed by atoms with Gasteiger partial charge in [0.1, 0.15) is 5.82 Å². The van der Waals surface area contributed by atoms with Crippen molar-refractivity contribution in [3.05, 3.63) is 40.6 Å². The summed E-state index contributed by atoms with van der Waals surface area (Å²) in [5, 5.41) is 0.926. The number of thiocarbonyl (C=S) groups is 1. The molecule has 0 saturated carbocycles. The Morgan fingerprint density at radius 1 is 1.38 bits per heavy atom. The van der Waals surface area contributed by atoms with Gasteiger partial charge in [0.2, 0.25) is 0 Å². The normalized spacial score (nSPS) is 18.6. The van der Waals surface area contributed by atoms with Crippen molar-refractivity contribution in [2.45, 2.75) is 0 Å². The van der Waals surface area contributed by atoms with E-state index in [0.717, 1.165) is 22.3 Å². The molecule has 6 heteroatoms. The fourth-order valence-corrected chi connectivity index (χ4v) is 2.29. The highest BCUT2D eigenvalue weighted by Crippen LogP contribution is 2.30. The fourth-order valence-electron chi connectivity index (χ4n) is 1.19. The summed E-state index contributed by atoms with van der Waals surface area (Å²) < 4.78 is 13.0. The molecule has 1 aromatic rings. The molecule has 1 aliphatic rings. The van der Waals surface area contributed by atoms with Crippen LogP contribution in [0.15, 0.2) is 29.2 Å². The lowest BCUT2D eigenvalue weighted by Crippen LogP contribution is -2.34. The van der Waals surface area contributed by atoms with Crippen LogP contribution in [0.3, 0.4) is 0 Å². The lowest BCUT2D eigenvalue weighted by molar-refractivity contribution is -0.122. The van der Waals surface area contributed by atoms with Crippen molar-refractivity contribution in [1.29, 1.82) is 0 Å². The SMILES string of the molecule is NN1C(=O)/C(=C/c2ccc(F)cc2)SC1=S. The van der Waals surface area contributed by atoms with Crippen molar-refractivity contribution in [2.75, 3.05) is 0 Å². The number of carbonyl (C=O) groups excluding carboxylic acids is 1. The first-order chi connectivity index (χ1) is 7.58. The molecule has 0 bridgehead atoms. The second kappa shape index (κ2) is 4.32. The Morgan fingerprint density at radius 2 is 2.00 bits per heavy atom. The van der Waals surface area contributed by atoms with Crippen LogP contribution in [0.4, 0.5) is 4.39 Å². The van der Waals surface area contributed by atoms with Crippen LogP contribution >= 0.6 is 24.0 Å². The number of halogens is 1. The number of rotatable bonds is 1. The van der Waals surface area contributed by atoms with Crippen molar-refractivity contribution in [3.63, 3.8) is 0 Å². The third kappa shape index (κ3) is 2.13. The van der Waals surface area contributed by atoms with Gasteiger partial charge in [-0.1, -0.05) is 36.1 Å². The van der Waals surface area contributed by atoms with Gasteiger partial charge in [0, 0.05) is 0 Å². The summed E-state index contributed by atoms with van der Waals surface area (Å²) in [6, 6.07) is 5.82. The summed E-state index contributed by atoms with van der Waals surface area (Å²) in [4.78, 5) is 12.0. The predicted octanol–water partition coefficient (Wildman–Crippen LogP) is 1.90. The molecular formula is C10H7FN2OS2. The van der Waals surface area contributed by atoms with Crippen molar-refractivity contribution in [1.82, 2.24) is 5.01 Å². The first kappa shape index (κ1) is 11.3. The smallest absolute Gasteiger partial charge is 0.267 e. The van der Waals surface area contributed by atoms with E-state index in [1.54, 1.807) is 18.2 Å². The molecule has 0 unspecified atom stereocenters. The Kier molecular flexibility index (Phi) is 3.04. The lowest BCUT2D eigenvalue weighted by atomic mass is 10.2. The molecule has 2 N–H and O–H groups in total. The maximum atomic E-state index is 12.7. The first-order valence-corrected chi connectivity index (χ1v) is 5.58. The second-order valence-electron chi connectivity index (χ2n) is 3.10. The van der Waals surface area contributed by atoms with E-state index < -0.39 is 0 Å². The quantitative estimate of drug-likeness (QED) is 0.360. The van der Waals surface area contributed by atoms with Crippen LogP contribution in [0.1, 0.15) is 5.56 Å². The summed E-state index contributed by atoms with van der Waals surface area (Å²) >= 11 is 6.01. The predicted molar refractivity (Wildman–Crippen MR) is 65.6 cm³/mol. The van der Waals surface area contributed by atoms with Gasteiger partial charge >= 0.3 is 0 Å². The number of nitrogens with zero attached hydrogens (tertiary/aromatic N) is 1. The number of hydrazine groups is 1. The number of nitrogens with two attached hydrogens (primary N) is 1. The van der Waals surface area contributed by atoms with Crippen LogP contribution < -0.4 is 5.84 Å². The molecule has 0 atom stereocenters. The van der Waals surface area contributed by atoms with Gasteiger partial charge in [0.05, 0.1) is 4.91 Å². The van der Waals surface area contributed by atoms with E-state index in [4.69, 9.17) is 18.1 Å². The molecule has 2 rings (SSSR count). The molecule has 1 aliphatic heterocycles. The van der Waals surface area contributed by atoms with Gasteiger partial charge in [-0.15, -0.1) is 0 Å². The van der Waals surface area contributed by atoms with E-state index in [-0.39, 0.29) is 11.7 Å².